The zero-order valence-corrected chi connectivity index (χ0v) is 16.2. The van der Waals surface area contributed by atoms with Crippen LogP contribution < -0.4 is 4.72 Å². The molecule has 0 bridgehead atoms. The van der Waals surface area contributed by atoms with Gasteiger partial charge in [-0.25, -0.2) is 13.1 Å². The first-order valence-electron chi connectivity index (χ1n) is 9.05. The molecule has 0 aromatic heterocycles. The molecule has 6 heteroatoms. The minimum absolute atomic E-state index is 0.0429. The third-order valence-corrected chi connectivity index (χ3v) is 6.21. The van der Waals surface area contributed by atoms with Crippen LogP contribution in [-0.4, -0.2) is 38.4 Å². The highest BCUT2D eigenvalue weighted by Crippen LogP contribution is 2.16. The number of likely N-dealkylation sites (tertiary alicyclic amines) is 1. The van der Waals surface area contributed by atoms with Crippen molar-refractivity contribution in [2.45, 2.75) is 30.7 Å². The Hall–Kier alpha value is -2.44. The van der Waals surface area contributed by atoms with Gasteiger partial charge < -0.3 is 4.90 Å². The summed E-state index contributed by atoms with van der Waals surface area (Å²) in [5, 5.41) is 0. The average molecular weight is 385 g/mol. The highest BCUT2D eigenvalue weighted by molar-refractivity contribution is 7.89. The number of carbonyl (C=O) groups excluding carboxylic acids is 1. The van der Waals surface area contributed by atoms with E-state index in [4.69, 9.17) is 0 Å². The van der Waals surface area contributed by atoms with Crippen LogP contribution >= 0.6 is 0 Å². The largest absolute Gasteiger partial charge is 0.339 e. The molecule has 1 heterocycles. The summed E-state index contributed by atoms with van der Waals surface area (Å²) < 4.78 is 27.7. The van der Waals surface area contributed by atoms with Gasteiger partial charge >= 0.3 is 0 Å². The molecule has 2 aromatic carbocycles. The highest BCUT2D eigenvalue weighted by atomic mass is 32.2. The molecular formula is C21H24N2O3S. The Morgan fingerprint density at radius 2 is 1.67 bits per heavy atom. The van der Waals surface area contributed by atoms with E-state index in [0.29, 0.717) is 25.9 Å². The van der Waals surface area contributed by atoms with Crippen LogP contribution in [0.25, 0.3) is 6.08 Å². The van der Waals surface area contributed by atoms with Crippen molar-refractivity contribution in [3.8, 4) is 0 Å². The zero-order valence-electron chi connectivity index (χ0n) is 15.3. The lowest BCUT2D eigenvalue weighted by molar-refractivity contribution is -0.126. The second-order valence-corrected chi connectivity index (χ2v) is 8.49. The minimum atomic E-state index is -3.53. The predicted octanol–water partition coefficient (Wildman–Crippen LogP) is 2.98. The van der Waals surface area contributed by atoms with Crippen molar-refractivity contribution in [2.75, 3.05) is 13.1 Å². The average Bonchev–Trinajstić information content (AvgIpc) is 2.67. The lowest BCUT2D eigenvalue weighted by Gasteiger charge is -2.31. The van der Waals surface area contributed by atoms with Gasteiger partial charge in [-0.15, -0.1) is 0 Å². The van der Waals surface area contributed by atoms with Crippen molar-refractivity contribution in [3.05, 3.63) is 71.8 Å². The van der Waals surface area contributed by atoms with Crippen molar-refractivity contribution in [1.29, 1.82) is 0 Å². The summed E-state index contributed by atoms with van der Waals surface area (Å²) in [6, 6.07) is 16.3. The molecule has 0 aliphatic carbocycles. The monoisotopic (exact) mass is 384 g/mol. The number of hydrogen-bond donors (Lipinski definition) is 1. The van der Waals surface area contributed by atoms with Gasteiger partial charge in [0, 0.05) is 25.2 Å². The standard InChI is InChI=1S/C21H24N2O3S/c1-17-7-10-20(11-8-17)27(25,26)22-19-13-15-23(16-14-19)21(24)12-9-18-5-3-2-4-6-18/h2-12,19,22H,13-16H2,1H3/b12-9+. The maximum atomic E-state index is 12.5. The molecule has 1 amide bonds. The van der Waals surface area contributed by atoms with E-state index in [-0.39, 0.29) is 16.8 Å². The normalized spacial score (nSPS) is 16.0. The molecule has 0 saturated carbocycles. The lowest BCUT2D eigenvalue weighted by atomic mass is 10.1. The summed E-state index contributed by atoms with van der Waals surface area (Å²) in [5.74, 6) is -0.0429. The van der Waals surface area contributed by atoms with Crippen LogP contribution in [0.3, 0.4) is 0 Å². The topological polar surface area (TPSA) is 66.5 Å². The molecule has 2 aromatic rings. The summed E-state index contributed by atoms with van der Waals surface area (Å²) >= 11 is 0. The van der Waals surface area contributed by atoms with Crippen LogP contribution in [0.5, 0.6) is 0 Å². The molecule has 3 rings (SSSR count). The van der Waals surface area contributed by atoms with Crippen LogP contribution in [0.15, 0.2) is 65.6 Å². The fraction of sp³-hybridized carbons (Fsp3) is 0.286. The van der Waals surface area contributed by atoms with E-state index >= 15 is 0 Å². The molecule has 0 unspecified atom stereocenters. The van der Waals surface area contributed by atoms with Gasteiger partial charge in [0.1, 0.15) is 0 Å². The summed E-state index contributed by atoms with van der Waals surface area (Å²) in [4.78, 5) is 14.4. The lowest BCUT2D eigenvalue weighted by Crippen LogP contribution is -2.46. The Kier molecular flexibility index (Phi) is 6.08. The number of nitrogens with one attached hydrogen (secondary N) is 1. The van der Waals surface area contributed by atoms with Gasteiger partial charge in [-0.1, -0.05) is 48.0 Å². The maximum Gasteiger partial charge on any atom is 0.246 e. The van der Waals surface area contributed by atoms with Gasteiger partial charge in [0.25, 0.3) is 0 Å². The van der Waals surface area contributed by atoms with Crippen LogP contribution in [0.2, 0.25) is 0 Å². The summed E-state index contributed by atoms with van der Waals surface area (Å²) in [6.07, 6.45) is 4.59. The predicted molar refractivity (Wildman–Crippen MR) is 107 cm³/mol. The van der Waals surface area contributed by atoms with Gasteiger partial charge in [-0.2, -0.15) is 0 Å². The summed E-state index contributed by atoms with van der Waals surface area (Å²) in [5.41, 5.74) is 2.00. The van der Waals surface area contributed by atoms with Gasteiger partial charge in [-0.05, 0) is 43.5 Å². The fourth-order valence-corrected chi connectivity index (χ4v) is 4.36. The van der Waals surface area contributed by atoms with E-state index in [1.54, 1.807) is 41.3 Å². The van der Waals surface area contributed by atoms with Crippen LogP contribution in [0.1, 0.15) is 24.0 Å². The number of nitrogens with zero attached hydrogens (tertiary/aromatic N) is 1. The highest BCUT2D eigenvalue weighted by Gasteiger charge is 2.25. The molecule has 142 valence electrons. The Labute approximate surface area is 160 Å². The first kappa shape index (κ1) is 19.3. The van der Waals surface area contributed by atoms with Crippen molar-refractivity contribution in [1.82, 2.24) is 9.62 Å². The molecule has 1 aliphatic heterocycles. The number of sulfonamides is 1. The molecule has 1 aliphatic rings. The third kappa shape index (κ3) is 5.28. The van der Waals surface area contributed by atoms with Crippen molar-refractivity contribution in [3.63, 3.8) is 0 Å². The van der Waals surface area contributed by atoms with Crippen molar-refractivity contribution in [2.24, 2.45) is 0 Å². The summed E-state index contributed by atoms with van der Waals surface area (Å²) in [6.45, 7) is 3.00. The Morgan fingerprint density at radius 3 is 2.30 bits per heavy atom. The molecule has 0 atom stereocenters. The molecular weight excluding hydrogens is 360 g/mol. The second kappa shape index (κ2) is 8.50. The Balaban J connectivity index is 1.53. The molecule has 0 spiro atoms. The van der Waals surface area contributed by atoms with E-state index in [0.717, 1.165) is 11.1 Å². The molecule has 1 saturated heterocycles. The fourth-order valence-electron chi connectivity index (χ4n) is 3.06. The SMILES string of the molecule is Cc1ccc(S(=O)(=O)NC2CCN(C(=O)/C=C/c3ccccc3)CC2)cc1. The van der Waals surface area contributed by atoms with Crippen molar-refractivity contribution < 1.29 is 13.2 Å². The van der Waals surface area contributed by atoms with E-state index in [9.17, 15) is 13.2 Å². The number of carbonyl (C=O) groups is 1. The molecule has 27 heavy (non-hydrogen) atoms. The van der Waals surface area contributed by atoms with E-state index in [1.807, 2.05) is 37.3 Å². The van der Waals surface area contributed by atoms with Gasteiger partial charge in [0.05, 0.1) is 4.90 Å². The molecule has 1 N–H and O–H groups in total. The molecule has 5 nitrogen and oxygen atoms in total. The van der Waals surface area contributed by atoms with E-state index in [1.165, 1.54) is 0 Å². The number of piperidine rings is 1. The number of rotatable bonds is 5. The molecule has 0 radical (unpaired) electrons. The van der Waals surface area contributed by atoms with Crippen LogP contribution in [-0.2, 0) is 14.8 Å². The molecule has 1 fully saturated rings. The van der Waals surface area contributed by atoms with Gasteiger partial charge in [0.2, 0.25) is 15.9 Å². The number of benzene rings is 2. The number of amides is 1. The smallest absolute Gasteiger partial charge is 0.246 e. The van der Waals surface area contributed by atoms with Crippen molar-refractivity contribution >= 4 is 22.0 Å². The minimum Gasteiger partial charge on any atom is -0.339 e. The van der Waals surface area contributed by atoms with Crippen LogP contribution in [0, 0.1) is 6.92 Å². The quantitative estimate of drug-likeness (QED) is 0.806. The van der Waals surface area contributed by atoms with E-state index < -0.39 is 10.0 Å². The number of aryl methyl sites for hydroxylation is 1. The van der Waals surface area contributed by atoms with Gasteiger partial charge in [-0.3, -0.25) is 4.79 Å². The first-order valence-corrected chi connectivity index (χ1v) is 10.5. The second-order valence-electron chi connectivity index (χ2n) is 6.78. The maximum absolute atomic E-state index is 12.5. The van der Waals surface area contributed by atoms with Gasteiger partial charge in [0.15, 0.2) is 0 Å². The van der Waals surface area contributed by atoms with Crippen LogP contribution in [0.4, 0.5) is 0 Å². The van der Waals surface area contributed by atoms with E-state index in [2.05, 4.69) is 4.72 Å². The zero-order chi connectivity index (χ0) is 19.3. The Morgan fingerprint density at radius 1 is 1.04 bits per heavy atom. The summed E-state index contributed by atoms with van der Waals surface area (Å²) in [7, 11) is -3.53. The first-order chi connectivity index (χ1) is 12.9. The Bertz CT molecular complexity index is 898. The number of hydrogen-bond acceptors (Lipinski definition) is 3. The third-order valence-electron chi connectivity index (χ3n) is 4.68.